The SMILES string of the molecule is Cc1c(C)c(N(c2ccccc2-c2ccccc2)c2cccc3ccccc23)c2c(c1-c1cccc3c1[nH]c1ccccc13)-c1ccccc1C2. The molecule has 8 aromatic carbocycles. The normalized spacial score (nSPS) is 12.0. The van der Waals surface area contributed by atoms with Crippen molar-refractivity contribution < 1.29 is 0 Å². The number of hydrogen-bond donors (Lipinski definition) is 1. The van der Waals surface area contributed by atoms with E-state index in [2.05, 4.69) is 188 Å². The van der Waals surface area contributed by atoms with Crippen molar-refractivity contribution in [2.45, 2.75) is 20.3 Å². The number of benzene rings is 8. The van der Waals surface area contributed by atoms with E-state index in [1.165, 1.54) is 105 Å². The first-order valence-electron chi connectivity index (χ1n) is 17.8. The van der Waals surface area contributed by atoms with Gasteiger partial charge in [-0.3, -0.25) is 0 Å². The van der Waals surface area contributed by atoms with Gasteiger partial charge in [0.1, 0.15) is 0 Å². The maximum absolute atomic E-state index is 3.83. The van der Waals surface area contributed by atoms with Crippen molar-refractivity contribution in [3.05, 3.63) is 186 Å². The Labute approximate surface area is 298 Å². The molecule has 1 aliphatic rings. The average molecular weight is 653 g/mol. The quantitative estimate of drug-likeness (QED) is 0.196. The standard InChI is InChI=1S/C49H36N2/c1-31-32(2)49(51(45-29-14-20-34-18-6-8-21-37(34)45)44-28-13-11-22-36(44)33-16-4-3-5-17-33)42-30-35-19-7-9-23-38(35)47(42)46(31)41-26-15-25-40-39-24-10-12-27-43(39)50-48(40)41/h3-29,50H,30H2,1-2H3. The fourth-order valence-corrected chi connectivity index (χ4v) is 8.65. The van der Waals surface area contributed by atoms with E-state index in [0.29, 0.717) is 0 Å². The van der Waals surface area contributed by atoms with Gasteiger partial charge in [0.15, 0.2) is 0 Å². The lowest BCUT2D eigenvalue weighted by molar-refractivity contribution is 1.17. The minimum absolute atomic E-state index is 0.867. The highest BCUT2D eigenvalue weighted by Gasteiger charge is 2.33. The summed E-state index contributed by atoms with van der Waals surface area (Å²) in [5, 5.41) is 4.99. The van der Waals surface area contributed by atoms with Crippen LogP contribution < -0.4 is 4.90 Å². The van der Waals surface area contributed by atoms with Gasteiger partial charge >= 0.3 is 0 Å². The van der Waals surface area contributed by atoms with Crippen LogP contribution in [-0.4, -0.2) is 4.98 Å². The van der Waals surface area contributed by atoms with E-state index in [-0.39, 0.29) is 0 Å². The number of nitrogens with one attached hydrogen (secondary N) is 1. The topological polar surface area (TPSA) is 19.0 Å². The molecule has 1 aliphatic carbocycles. The molecule has 0 amide bonds. The summed E-state index contributed by atoms with van der Waals surface area (Å²) in [6, 6.07) is 59.7. The third kappa shape index (κ3) is 4.50. The molecule has 0 unspecified atom stereocenters. The first-order chi connectivity index (χ1) is 25.2. The van der Waals surface area contributed by atoms with Crippen molar-refractivity contribution in [1.82, 2.24) is 4.98 Å². The molecule has 1 N–H and O–H groups in total. The highest BCUT2D eigenvalue weighted by molar-refractivity contribution is 6.14. The van der Waals surface area contributed by atoms with Crippen LogP contribution >= 0.6 is 0 Å². The van der Waals surface area contributed by atoms with Crippen molar-refractivity contribution in [1.29, 1.82) is 0 Å². The number of anilines is 3. The summed E-state index contributed by atoms with van der Waals surface area (Å²) in [4.78, 5) is 6.41. The molecule has 0 radical (unpaired) electrons. The molecule has 1 heterocycles. The smallest absolute Gasteiger partial charge is 0.0544 e. The van der Waals surface area contributed by atoms with Crippen LogP contribution in [0.3, 0.4) is 0 Å². The molecule has 242 valence electrons. The van der Waals surface area contributed by atoms with E-state index < -0.39 is 0 Å². The van der Waals surface area contributed by atoms with Gasteiger partial charge in [0.05, 0.1) is 22.6 Å². The first-order valence-corrected chi connectivity index (χ1v) is 17.8. The zero-order valence-corrected chi connectivity index (χ0v) is 28.7. The third-order valence-corrected chi connectivity index (χ3v) is 11.1. The van der Waals surface area contributed by atoms with Crippen LogP contribution in [0.15, 0.2) is 164 Å². The number of aromatic amines is 1. The zero-order valence-electron chi connectivity index (χ0n) is 28.7. The summed E-state index contributed by atoms with van der Waals surface area (Å²) >= 11 is 0. The maximum Gasteiger partial charge on any atom is 0.0544 e. The molecule has 0 aliphatic heterocycles. The summed E-state index contributed by atoms with van der Waals surface area (Å²) in [6.45, 7) is 4.67. The lowest BCUT2D eigenvalue weighted by atomic mass is 9.85. The first kappa shape index (κ1) is 29.5. The maximum atomic E-state index is 3.83. The molecule has 9 aromatic rings. The molecular formula is C49H36N2. The lowest BCUT2D eigenvalue weighted by Crippen LogP contribution is -2.16. The average Bonchev–Trinajstić information content (AvgIpc) is 3.76. The highest BCUT2D eigenvalue weighted by Crippen LogP contribution is 2.55. The monoisotopic (exact) mass is 652 g/mol. The van der Waals surface area contributed by atoms with Gasteiger partial charge < -0.3 is 9.88 Å². The van der Waals surface area contributed by atoms with Gasteiger partial charge in [0.2, 0.25) is 0 Å². The molecule has 0 fully saturated rings. The Balaban J connectivity index is 1.34. The number of nitrogens with zero attached hydrogens (tertiary/aromatic N) is 1. The molecule has 2 heteroatoms. The van der Waals surface area contributed by atoms with Crippen LogP contribution in [0.5, 0.6) is 0 Å². The molecule has 1 aromatic heterocycles. The Morgan fingerprint density at radius 2 is 1.10 bits per heavy atom. The lowest BCUT2D eigenvalue weighted by Gasteiger charge is -2.34. The van der Waals surface area contributed by atoms with Gasteiger partial charge in [0.25, 0.3) is 0 Å². The largest absolute Gasteiger partial charge is 0.354 e. The molecule has 0 saturated carbocycles. The Hall–Kier alpha value is -6.38. The predicted octanol–water partition coefficient (Wildman–Crippen LogP) is 13.5. The van der Waals surface area contributed by atoms with Crippen LogP contribution in [0, 0.1) is 13.8 Å². The predicted molar refractivity (Wildman–Crippen MR) is 217 cm³/mol. The molecule has 10 rings (SSSR count). The molecule has 0 spiro atoms. The number of rotatable bonds is 5. The van der Waals surface area contributed by atoms with Crippen LogP contribution in [0.4, 0.5) is 17.1 Å². The van der Waals surface area contributed by atoms with E-state index in [0.717, 1.165) is 6.42 Å². The van der Waals surface area contributed by atoms with Gasteiger partial charge in [-0.25, -0.2) is 0 Å². The fraction of sp³-hybridized carbons (Fsp3) is 0.0612. The van der Waals surface area contributed by atoms with E-state index in [1.807, 2.05) is 0 Å². The number of hydrogen-bond acceptors (Lipinski definition) is 1. The van der Waals surface area contributed by atoms with E-state index in [4.69, 9.17) is 0 Å². The molecule has 2 nitrogen and oxygen atoms in total. The summed E-state index contributed by atoms with van der Waals surface area (Å²) in [6.07, 6.45) is 0.867. The van der Waals surface area contributed by atoms with E-state index in [1.54, 1.807) is 0 Å². The van der Waals surface area contributed by atoms with Crippen LogP contribution in [0.25, 0.3) is 66.0 Å². The van der Waals surface area contributed by atoms with Crippen molar-refractivity contribution in [2.24, 2.45) is 0 Å². The number of aromatic nitrogens is 1. The van der Waals surface area contributed by atoms with Crippen LogP contribution in [0.2, 0.25) is 0 Å². The van der Waals surface area contributed by atoms with Crippen molar-refractivity contribution in [3.63, 3.8) is 0 Å². The molecule has 0 saturated heterocycles. The van der Waals surface area contributed by atoms with E-state index >= 15 is 0 Å². The zero-order chi connectivity index (χ0) is 34.1. The van der Waals surface area contributed by atoms with E-state index in [9.17, 15) is 0 Å². The minimum Gasteiger partial charge on any atom is -0.354 e. The summed E-state index contributed by atoms with van der Waals surface area (Å²) in [7, 11) is 0. The Bertz CT molecular complexity index is 2800. The van der Waals surface area contributed by atoms with Gasteiger partial charge in [-0.05, 0) is 81.9 Å². The second-order valence-corrected chi connectivity index (χ2v) is 13.8. The molecule has 0 bridgehead atoms. The second kappa shape index (κ2) is 11.6. The van der Waals surface area contributed by atoms with Gasteiger partial charge in [0, 0.05) is 39.2 Å². The summed E-state index contributed by atoms with van der Waals surface area (Å²) in [5.41, 5.74) is 19.0. The Morgan fingerprint density at radius 3 is 1.98 bits per heavy atom. The van der Waals surface area contributed by atoms with Crippen molar-refractivity contribution in [3.8, 4) is 33.4 Å². The van der Waals surface area contributed by atoms with Crippen molar-refractivity contribution in [2.75, 3.05) is 4.90 Å². The number of para-hydroxylation sites is 3. The molecule has 0 atom stereocenters. The highest BCUT2D eigenvalue weighted by atomic mass is 15.2. The van der Waals surface area contributed by atoms with Crippen LogP contribution in [0.1, 0.15) is 22.3 Å². The van der Waals surface area contributed by atoms with Gasteiger partial charge in [-0.2, -0.15) is 0 Å². The Kier molecular flexibility index (Phi) is 6.72. The minimum atomic E-state index is 0.867. The summed E-state index contributed by atoms with van der Waals surface area (Å²) in [5.74, 6) is 0. The molecule has 51 heavy (non-hydrogen) atoms. The number of fused-ring (bicyclic) bond motifs is 7. The van der Waals surface area contributed by atoms with Gasteiger partial charge in [-0.15, -0.1) is 0 Å². The van der Waals surface area contributed by atoms with Gasteiger partial charge in [-0.1, -0.05) is 146 Å². The second-order valence-electron chi connectivity index (χ2n) is 13.8. The summed E-state index contributed by atoms with van der Waals surface area (Å²) < 4.78 is 0. The van der Waals surface area contributed by atoms with Crippen LogP contribution in [-0.2, 0) is 6.42 Å². The Morgan fingerprint density at radius 1 is 0.471 bits per heavy atom. The molecular weight excluding hydrogens is 617 g/mol. The third-order valence-electron chi connectivity index (χ3n) is 11.1. The van der Waals surface area contributed by atoms with Crippen molar-refractivity contribution >= 4 is 49.6 Å². The fourth-order valence-electron chi connectivity index (χ4n) is 8.65. The number of H-pyrrole nitrogens is 1.